The molecular weight excluding hydrogens is 291 g/mol. The van der Waals surface area contributed by atoms with Crippen LogP contribution < -0.4 is 5.43 Å². The topological polar surface area (TPSA) is 32.3 Å². The number of benzene rings is 1. The summed E-state index contributed by atoms with van der Waals surface area (Å²) in [5.74, 6) is 0.0764. The summed E-state index contributed by atoms with van der Waals surface area (Å²) in [6.45, 7) is 1.71. The Morgan fingerprint density at radius 3 is 2.86 bits per heavy atom. The van der Waals surface area contributed by atoms with Gasteiger partial charge in [0.1, 0.15) is 0 Å². The maximum atomic E-state index is 11.9. The number of hydrazine groups is 1. The predicted octanol–water partition coefficient (Wildman–Crippen LogP) is 1.64. The van der Waals surface area contributed by atoms with E-state index in [2.05, 4.69) is 28.0 Å². The van der Waals surface area contributed by atoms with E-state index in [1.807, 2.05) is 24.3 Å². The van der Waals surface area contributed by atoms with Crippen LogP contribution >= 0.6 is 22.6 Å². The zero-order chi connectivity index (χ0) is 9.97. The Hall–Kier alpha value is -0.620. The van der Waals surface area contributed by atoms with E-state index in [1.54, 1.807) is 5.01 Å². The van der Waals surface area contributed by atoms with Crippen molar-refractivity contribution in [2.75, 3.05) is 13.1 Å². The van der Waals surface area contributed by atoms with E-state index in [1.165, 1.54) is 0 Å². The molecule has 2 rings (SSSR count). The number of nitrogens with one attached hydrogen (secondary N) is 1. The zero-order valence-corrected chi connectivity index (χ0v) is 9.82. The van der Waals surface area contributed by atoms with Gasteiger partial charge in [-0.05, 0) is 41.1 Å². The molecule has 1 heterocycles. The third-order valence-electron chi connectivity index (χ3n) is 2.21. The molecule has 0 atom stereocenters. The van der Waals surface area contributed by atoms with Crippen molar-refractivity contribution in [3.8, 4) is 0 Å². The lowest BCUT2D eigenvalue weighted by Crippen LogP contribution is -2.37. The zero-order valence-electron chi connectivity index (χ0n) is 7.66. The van der Waals surface area contributed by atoms with E-state index in [9.17, 15) is 4.79 Å². The van der Waals surface area contributed by atoms with Crippen molar-refractivity contribution in [1.82, 2.24) is 10.4 Å². The van der Waals surface area contributed by atoms with Gasteiger partial charge in [-0.15, -0.1) is 0 Å². The molecule has 1 aromatic carbocycles. The van der Waals surface area contributed by atoms with E-state index >= 15 is 0 Å². The van der Waals surface area contributed by atoms with Crippen LogP contribution in [0.1, 0.15) is 16.8 Å². The summed E-state index contributed by atoms with van der Waals surface area (Å²) in [7, 11) is 0. The molecule has 1 fully saturated rings. The average molecular weight is 302 g/mol. The molecule has 0 unspecified atom stereocenters. The number of nitrogens with zero attached hydrogens (tertiary/aromatic N) is 1. The highest BCUT2D eigenvalue weighted by atomic mass is 127. The smallest absolute Gasteiger partial charge is 0.269 e. The highest BCUT2D eigenvalue weighted by Gasteiger charge is 2.20. The third-order valence-corrected chi connectivity index (χ3v) is 3.15. The van der Waals surface area contributed by atoms with Crippen molar-refractivity contribution < 1.29 is 4.79 Å². The highest BCUT2D eigenvalue weighted by molar-refractivity contribution is 14.1. The molecule has 1 aliphatic heterocycles. The van der Waals surface area contributed by atoms with Crippen LogP contribution in [-0.2, 0) is 0 Å². The standard InChI is InChI=1S/C10H11IN2O/c11-9-5-2-1-4-8(9)10(14)13-7-3-6-12-13/h1-2,4-5,12H,3,6-7H2. The van der Waals surface area contributed by atoms with Gasteiger partial charge in [-0.25, -0.2) is 5.43 Å². The molecular formula is C10H11IN2O. The number of amides is 1. The molecule has 0 bridgehead atoms. The first kappa shape index (κ1) is 9.92. The predicted molar refractivity (Wildman–Crippen MR) is 62.8 cm³/mol. The molecule has 74 valence electrons. The minimum absolute atomic E-state index is 0.0764. The fraction of sp³-hybridized carbons (Fsp3) is 0.300. The Balaban J connectivity index is 2.22. The van der Waals surface area contributed by atoms with Crippen LogP contribution in [0.4, 0.5) is 0 Å². The van der Waals surface area contributed by atoms with Crippen LogP contribution in [0, 0.1) is 3.57 Å². The molecule has 1 aliphatic rings. The van der Waals surface area contributed by atoms with Crippen LogP contribution in [0.3, 0.4) is 0 Å². The van der Waals surface area contributed by atoms with E-state index < -0.39 is 0 Å². The third kappa shape index (κ3) is 1.90. The van der Waals surface area contributed by atoms with E-state index in [0.29, 0.717) is 0 Å². The van der Waals surface area contributed by atoms with Crippen molar-refractivity contribution in [2.24, 2.45) is 0 Å². The maximum absolute atomic E-state index is 11.9. The molecule has 14 heavy (non-hydrogen) atoms. The summed E-state index contributed by atoms with van der Waals surface area (Å²) >= 11 is 2.19. The lowest BCUT2D eigenvalue weighted by Gasteiger charge is -2.16. The van der Waals surface area contributed by atoms with Gasteiger partial charge in [-0.1, -0.05) is 12.1 Å². The molecule has 0 spiro atoms. The van der Waals surface area contributed by atoms with Crippen LogP contribution in [0.5, 0.6) is 0 Å². The van der Waals surface area contributed by atoms with Gasteiger partial charge >= 0.3 is 0 Å². The molecule has 0 aliphatic carbocycles. The van der Waals surface area contributed by atoms with E-state index in [-0.39, 0.29) is 5.91 Å². The molecule has 1 saturated heterocycles. The second kappa shape index (κ2) is 4.27. The van der Waals surface area contributed by atoms with E-state index in [4.69, 9.17) is 0 Å². The summed E-state index contributed by atoms with van der Waals surface area (Å²) in [5.41, 5.74) is 3.84. The van der Waals surface area contributed by atoms with Crippen molar-refractivity contribution in [3.05, 3.63) is 33.4 Å². The lowest BCUT2D eigenvalue weighted by molar-refractivity contribution is 0.0725. The van der Waals surface area contributed by atoms with Gasteiger partial charge in [0.05, 0.1) is 5.56 Å². The Labute approximate surface area is 96.6 Å². The fourth-order valence-electron chi connectivity index (χ4n) is 1.48. The van der Waals surface area contributed by atoms with E-state index in [0.717, 1.165) is 28.6 Å². The van der Waals surface area contributed by atoms with Gasteiger partial charge in [-0.2, -0.15) is 0 Å². The van der Waals surface area contributed by atoms with Gasteiger partial charge in [0.2, 0.25) is 0 Å². The number of hydrogen-bond acceptors (Lipinski definition) is 2. The Kier molecular flexibility index (Phi) is 3.02. The quantitative estimate of drug-likeness (QED) is 0.800. The van der Waals surface area contributed by atoms with Gasteiger partial charge in [-0.3, -0.25) is 9.80 Å². The SMILES string of the molecule is O=C(c1ccccc1I)N1CCCN1. The largest absolute Gasteiger partial charge is 0.274 e. The van der Waals surface area contributed by atoms with Gasteiger partial charge in [0.25, 0.3) is 5.91 Å². The maximum Gasteiger partial charge on any atom is 0.269 e. The first-order valence-corrected chi connectivity index (χ1v) is 5.67. The summed E-state index contributed by atoms with van der Waals surface area (Å²) in [6.07, 6.45) is 1.04. The first-order chi connectivity index (χ1) is 6.79. The van der Waals surface area contributed by atoms with Crippen molar-refractivity contribution >= 4 is 28.5 Å². The summed E-state index contributed by atoms with van der Waals surface area (Å²) in [4.78, 5) is 11.9. The summed E-state index contributed by atoms with van der Waals surface area (Å²) < 4.78 is 1.00. The molecule has 0 radical (unpaired) electrons. The van der Waals surface area contributed by atoms with Crippen molar-refractivity contribution in [3.63, 3.8) is 0 Å². The molecule has 0 aromatic heterocycles. The number of carbonyl (C=O) groups is 1. The minimum Gasteiger partial charge on any atom is -0.274 e. The van der Waals surface area contributed by atoms with Crippen molar-refractivity contribution in [1.29, 1.82) is 0 Å². The first-order valence-electron chi connectivity index (χ1n) is 4.59. The number of halogens is 1. The van der Waals surface area contributed by atoms with Crippen molar-refractivity contribution in [2.45, 2.75) is 6.42 Å². The molecule has 3 nitrogen and oxygen atoms in total. The number of rotatable bonds is 1. The summed E-state index contributed by atoms with van der Waals surface area (Å²) in [5, 5.41) is 1.69. The van der Waals surface area contributed by atoms with Gasteiger partial charge in [0.15, 0.2) is 0 Å². The Morgan fingerprint density at radius 2 is 2.21 bits per heavy atom. The molecule has 1 amide bonds. The number of carbonyl (C=O) groups excluding carboxylic acids is 1. The molecule has 1 N–H and O–H groups in total. The Morgan fingerprint density at radius 1 is 1.43 bits per heavy atom. The Bertz CT molecular complexity index is 348. The van der Waals surface area contributed by atoms with Gasteiger partial charge in [0, 0.05) is 16.7 Å². The minimum atomic E-state index is 0.0764. The molecule has 0 saturated carbocycles. The monoisotopic (exact) mass is 302 g/mol. The average Bonchev–Trinajstić information content (AvgIpc) is 2.70. The van der Waals surface area contributed by atoms with Gasteiger partial charge < -0.3 is 0 Å². The lowest BCUT2D eigenvalue weighted by atomic mass is 10.2. The summed E-state index contributed by atoms with van der Waals surface area (Å²) in [6, 6.07) is 7.65. The second-order valence-electron chi connectivity index (χ2n) is 3.20. The molecule has 4 heteroatoms. The molecule has 1 aromatic rings. The number of hydrogen-bond donors (Lipinski definition) is 1. The fourth-order valence-corrected chi connectivity index (χ4v) is 2.10. The van der Waals surface area contributed by atoms with Crippen LogP contribution in [0.2, 0.25) is 0 Å². The van der Waals surface area contributed by atoms with Crippen LogP contribution in [-0.4, -0.2) is 24.0 Å². The van der Waals surface area contributed by atoms with Crippen LogP contribution in [0.15, 0.2) is 24.3 Å². The normalized spacial score (nSPS) is 15.9. The second-order valence-corrected chi connectivity index (χ2v) is 4.36. The van der Waals surface area contributed by atoms with Crippen LogP contribution in [0.25, 0.3) is 0 Å². The highest BCUT2D eigenvalue weighted by Crippen LogP contribution is 2.14.